The van der Waals surface area contributed by atoms with Gasteiger partial charge < -0.3 is 23.7 Å². The Labute approximate surface area is 290 Å². The molecule has 2 unspecified atom stereocenters. The number of ether oxygens (including phenoxy) is 5. The van der Waals surface area contributed by atoms with Crippen molar-refractivity contribution in [3.8, 4) is 0 Å². The number of carbonyl (C=O) groups excluding carboxylic acids is 1. The summed E-state index contributed by atoms with van der Waals surface area (Å²) in [6.07, 6.45) is 4.86. The maximum Gasteiger partial charge on any atom is 0.535 e. The Kier molecular flexibility index (Phi) is 8.37. The molecule has 16 atom stereocenters. The second kappa shape index (κ2) is 11.8. The van der Waals surface area contributed by atoms with E-state index in [0.717, 1.165) is 51.4 Å². The predicted molar refractivity (Wildman–Crippen MR) is 173 cm³/mol. The summed E-state index contributed by atoms with van der Waals surface area (Å²) in [7, 11) is 0. The molecule has 2 spiro atoms. The van der Waals surface area contributed by atoms with E-state index in [4.69, 9.17) is 48.1 Å². The molecule has 0 aromatic heterocycles. The Morgan fingerprint density at radius 1 is 0.714 bits per heavy atom. The fourth-order valence-electron chi connectivity index (χ4n) is 11.3. The highest BCUT2D eigenvalue weighted by atomic mass is 17.3. The first-order chi connectivity index (χ1) is 23.1. The van der Waals surface area contributed by atoms with Crippen molar-refractivity contribution < 1.29 is 52.9 Å². The minimum absolute atomic E-state index is 0.0483. The summed E-state index contributed by atoms with van der Waals surface area (Å²) in [5.74, 6) is -0.149. The van der Waals surface area contributed by atoms with Crippen molar-refractivity contribution >= 4 is 11.9 Å². The number of rotatable bonds is 4. The van der Waals surface area contributed by atoms with E-state index in [9.17, 15) is 4.79 Å². The molecule has 276 valence electrons. The van der Waals surface area contributed by atoms with E-state index in [0.29, 0.717) is 24.0 Å². The largest absolute Gasteiger partial charge is 0.535 e. The average molecular weight is 692 g/mol. The number of hydrogen-bond acceptors (Lipinski definition) is 12. The van der Waals surface area contributed by atoms with Gasteiger partial charge in [0.1, 0.15) is 11.7 Å². The molecule has 8 aliphatic heterocycles. The summed E-state index contributed by atoms with van der Waals surface area (Å²) >= 11 is 0. The highest BCUT2D eigenvalue weighted by Crippen LogP contribution is 2.63. The molecule has 0 amide bonds. The van der Waals surface area contributed by atoms with E-state index >= 15 is 0 Å². The monoisotopic (exact) mass is 691 g/mol. The molecule has 12 heteroatoms. The zero-order chi connectivity index (χ0) is 34.7. The van der Waals surface area contributed by atoms with Gasteiger partial charge in [-0.15, -0.1) is 0 Å². The minimum Gasteiger partial charge on any atom is -0.427 e. The molecule has 2 saturated carbocycles. The lowest BCUT2D eigenvalue weighted by molar-refractivity contribution is -0.571. The number of oxime groups is 1. The summed E-state index contributed by atoms with van der Waals surface area (Å²) < 4.78 is 32.8. The second-order valence-corrected chi connectivity index (χ2v) is 18.1. The van der Waals surface area contributed by atoms with Crippen molar-refractivity contribution in [2.75, 3.05) is 0 Å². The third-order valence-electron chi connectivity index (χ3n) is 13.8. The molecule has 10 fully saturated rings. The maximum atomic E-state index is 12.9. The lowest BCUT2D eigenvalue weighted by Gasteiger charge is -2.61. The van der Waals surface area contributed by atoms with Gasteiger partial charge >= 0.3 is 6.16 Å². The first-order valence-corrected chi connectivity index (χ1v) is 18.9. The molecule has 8 heterocycles. The summed E-state index contributed by atoms with van der Waals surface area (Å²) in [5.41, 5.74) is -1.56. The molecule has 4 bridgehead atoms. The van der Waals surface area contributed by atoms with Crippen LogP contribution in [0.2, 0.25) is 0 Å². The van der Waals surface area contributed by atoms with Crippen LogP contribution < -0.4 is 0 Å². The SMILES string of the molecule is C[C@H]1[C@@H](/C(C[C@H]2O[C@@H]3O[C@]4(C)CC[C@H]5[C@H](C)CC[C@@H]([C@H]2C)C35OO4)=N\OC(=O)OC(C)(C)C)O[C@@H]2O[C@]3(C)CC[C@H]4[C@H](C)CC[C@@H]1C24OO3. The summed E-state index contributed by atoms with van der Waals surface area (Å²) in [6.45, 7) is 18.3. The predicted octanol–water partition coefficient (Wildman–Crippen LogP) is 7.19. The normalized spacial score (nSPS) is 53.5. The van der Waals surface area contributed by atoms with Gasteiger partial charge in [0.25, 0.3) is 0 Å². The zero-order valence-corrected chi connectivity index (χ0v) is 30.7. The number of nitrogens with zero attached hydrogens (tertiary/aromatic N) is 1. The van der Waals surface area contributed by atoms with Gasteiger partial charge in [-0.25, -0.2) is 24.3 Å². The van der Waals surface area contributed by atoms with Crippen molar-refractivity contribution in [1.82, 2.24) is 0 Å². The van der Waals surface area contributed by atoms with Gasteiger partial charge in [-0.05, 0) is 109 Å². The van der Waals surface area contributed by atoms with Crippen LogP contribution in [0.25, 0.3) is 0 Å². The van der Waals surface area contributed by atoms with E-state index in [-0.39, 0.29) is 41.6 Å². The zero-order valence-electron chi connectivity index (χ0n) is 30.7. The van der Waals surface area contributed by atoms with Gasteiger partial charge in [0.2, 0.25) is 11.6 Å². The van der Waals surface area contributed by atoms with Crippen molar-refractivity contribution in [1.29, 1.82) is 0 Å². The molecule has 0 aromatic carbocycles. The average Bonchev–Trinajstić information content (AvgIpc) is 3.40. The molecule has 10 rings (SSSR count). The van der Waals surface area contributed by atoms with Crippen LogP contribution in [0.15, 0.2) is 5.16 Å². The topological polar surface area (TPSA) is 122 Å². The van der Waals surface area contributed by atoms with Crippen LogP contribution in [-0.4, -0.2) is 65.0 Å². The molecular weight excluding hydrogens is 634 g/mol. The van der Waals surface area contributed by atoms with Crippen LogP contribution >= 0.6 is 0 Å². The van der Waals surface area contributed by atoms with E-state index < -0.39 is 53.2 Å². The van der Waals surface area contributed by atoms with Crippen LogP contribution in [0.1, 0.15) is 120 Å². The second-order valence-electron chi connectivity index (χ2n) is 18.1. The van der Waals surface area contributed by atoms with Gasteiger partial charge in [-0.1, -0.05) is 32.9 Å². The summed E-state index contributed by atoms with van der Waals surface area (Å²) in [6, 6.07) is 0. The molecule has 8 saturated heterocycles. The van der Waals surface area contributed by atoms with Crippen LogP contribution in [0.5, 0.6) is 0 Å². The van der Waals surface area contributed by atoms with Crippen LogP contribution in [0, 0.1) is 47.3 Å². The Balaban J connectivity index is 1.13. The Bertz CT molecular complexity index is 1340. The molecule has 10 aliphatic rings. The quantitative estimate of drug-likeness (QED) is 0.0979. The lowest BCUT2D eigenvalue weighted by Crippen LogP contribution is -2.71. The number of fused-ring (bicyclic) bond motifs is 4. The molecule has 12 nitrogen and oxygen atoms in total. The summed E-state index contributed by atoms with van der Waals surface area (Å²) in [4.78, 5) is 43.3. The lowest BCUT2D eigenvalue weighted by atomic mass is 9.56. The third kappa shape index (κ3) is 5.44. The molecule has 0 radical (unpaired) electrons. The van der Waals surface area contributed by atoms with E-state index in [2.05, 4.69) is 32.9 Å². The Morgan fingerprint density at radius 3 is 1.80 bits per heavy atom. The van der Waals surface area contributed by atoms with Crippen LogP contribution in [0.4, 0.5) is 4.79 Å². The number of carbonyl (C=O) groups is 1. The summed E-state index contributed by atoms with van der Waals surface area (Å²) in [5, 5.41) is 4.56. The van der Waals surface area contributed by atoms with Crippen molar-refractivity contribution in [3.63, 3.8) is 0 Å². The highest BCUT2D eigenvalue weighted by Gasteiger charge is 2.71. The standard InChI is InChI=1S/C37H57NO11/c1-19-10-12-25-21(3)28(40-30-36(25)23(19)14-16-34(8,42-30)46-48-36)18-27(38-45-32(39)44-33(5,6)7)29-22(4)26-13-11-20(2)24-15-17-35(9)43-31(41-29)37(24,26)49-47-35/h19-26,28-31H,10-18H2,1-9H3/b38-27-/t19-,20-,21-,22-,23+,24+,25+,26+,28-,29+,30-,31-,34+,35+,36?,37?/m1/s1. The molecule has 0 aromatic rings. The van der Waals surface area contributed by atoms with Crippen LogP contribution in [-0.2, 0) is 48.1 Å². The van der Waals surface area contributed by atoms with Crippen LogP contribution in [0.3, 0.4) is 0 Å². The first-order valence-electron chi connectivity index (χ1n) is 18.9. The van der Waals surface area contributed by atoms with Gasteiger partial charge in [0.15, 0.2) is 23.8 Å². The van der Waals surface area contributed by atoms with Crippen molar-refractivity contribution in [2.45, 2.75) is 173 Å². The van der Waals surface area contributed by atoms with Gasteiger partial charge in [-0.3, -0.25) is 4.84 Å². The third-order valence-corrected chi connectivity index (χ3v) is 13.8. The molecule has 49 heavy (non-hydrogen) atoms. The molecule has 0 N–H and O–H groups in total. The van der Waals surface area contributed by atoms with E-state index in [1.807, 2.05) is 13.8 Å². The molecular formula is C37H57NO11. The minimum atomic E-state index is -0.911. The van der Waals surface area contributed by atoms with Gasteiger partial charge in [0, 0.05) is 31.1 Å². The highest BCUT2D eigenvalue weighted by molar-refractivity contribution is 5.89. The Hall–Kier alpha value is -1.38. The fraction of sp³-hybridized carbons (Fsp3) is 0.946. The van der Waals surface area contributed by atoms with Gasteiger partial charge in [-0.2, -0.15) is 0 Å². The maximum absolute atomic E-state index is 12.9. The number of hydrogen-bond donors (Lipinski definition) is 0. The van der Waals surface area contributed by atoms with E-state index in [1.165, 1.54) is 0 Å². The van der Waals surface area contributed by atoms with E-state index in [1.54, 1.807) is 20.8 Å². The molecule has 2 aliphatic carbocycles. The smallest absolute Gasteiger partial charge is 0.427 e. The van der Waals surface area contributed by atoms with Crippen molar-refractivity contribution in [3.05, 3.63) is 0 Å². The van der Waals surface area contributed by atoms with Gasteiger partial charge in [0.05, 0.1) is 11.8 Å². The fourth-order valence-corrected chi connectivity index (χ4v) is 11.3. The van der Waals surface area contributed by atoms with Crippen molar-refractivity contribution in [2.24, 2.45) is 52.5 Å². The Morgan fingerprint density at radius 2 is 1.24 bits per heavy atom. The first kappa shape index (κ1) is 34.7.